The molecule has 0 amide bonds. The maximum atomic E-state index is 14.6. The van der Waals surface area contributed by atoms with Gasteiger partial charge in [-0.25, -0.2) is 8.78 Å². The first-order valence-electron chi connectivity index (χ1n) is 8.80. The fourth-order valence-corrected chi connectivity index (χ4v) is 3.18. The third-order valence-electron chi connectivity index (χ3n) is 4.76. The average molecular weight is 356 g/mol. The van der Waals surface area contributed by atoms with Crippen LogP contribution in [0.3, 0.4) is 0 Å². The molecule has 1 fully saturated rings. The van der Waals surface area contributed by atoms with E-state index in [1.54, 1.807) is 0 Å². The van der Waals surface area contributed by atoms with E-state index in [4.69, 9.17) is 5.26 Å². The third-order valence-corrected chi connectivity index (χ3v) is 4.76. The Hall–Kier alpha value is -2.65. The molecule has 1 aliphatic rings. The molecule has 26 heavy (non-hydrogen) atoms. The molecule has 0 saturated carbocycles. The molecule has 0 bridgehead atoms. The quantitative estimate of drug-likeness (QED) is 0.889. The number of benzene rings is 2. The lowest BCUT2D eigenvalue weighted by molar-refractivity contribution is 0.270. The molecular formula is C20H22F2N4. The van der Waals surface area contributed by atoms with E-state index in [9.17, 15) is 8.78 Å². The number of nitrogens with one attached hydrogen (secondary N) is 1. The lowest BCUT2D eigenvalue weighted by atomic mass is 10.1. The summed E-state index contributed by atoms with van der Waals surface area (Å²) < 4.78 is 27.7. The second-order valence-corrected chi connectivity index (χ2v) is 6.36. The Balaban J connectivity index is 1.66. The Labute approximate surface area is 152 Å². The first-order valence-corrected chi connectivity index (χ1v) is 8.80. The SMILES string of the molecule is CCN1CCN(c2ccc(CNc3ccc(F)cc3C#N)cc2F)CC1. The molecule has 1 N–H and O–H groups in total. The second kappa shape index (κ2) is 8.15. The van der Waals surface area contributed by atoms with Crippen molar-refractivity contribution in [2.45, 2.75) is 13.5 Å². The fourth-order valence-electron chi connectivity index (χ4n) is 3.18. The molecule has 0 aromatic heterocycles. The lowest BCUT2D eigenvalue weighted by Gasteiger charge is -2.35. The largest absolute Gasteiger partial charge is 0.380 e. The monoisotopic (exact) mass is 356 g/mol. The zero-order valence-corrected chi connectivity index (χ0v) is 14.8. The van der Waals surface area contributed by atoms with Crippen molar-refractivity contribution in [3.05, 3.63) is 59.2 Å². The van der Waals surface area contributed by atoms with Gasteiger partial charge in [-0.05, 0) is 42.4 Å². The minimum atomic E-state index is -0.453. The van der Waals surface area contributed by atoms with Crippen molar-refractivity contribution in [1.82, 2.24) is 4.90 Å². The highest BCUT2D eigenvalue weighted by atomic mass is 19.1. The molecule has 0 radical (unpaired) electrons. The van der Waals surface area contributed by atoms with Crippen molar-refractivity contribution in [3.63, 3.8) is 0 Å². The highest BCUT2D eigenvalue weighted by Crippen LogP contribution is 2.23. The summed E-state index contributed by atoms with van der Waals surface area (Å²) in [5.41, 5.74) is 2.17. The molecule has 3 rings (SSSR count). The van der Waals surface area contributed by atoms with E-state index in [2.05, 4.69) is 22.0 Å². The number of hydrogen-bond acceptors (Lipinski definition) is 4. The van der Waals surface area contributed by atoms with Gasteiger partial charge in [0.05, 0.1) is 16.9 Å². The van der Waals surface area contributed by atoms with Gasteiger partial charge in [-0.3, -0.25) is 0 Å². The topological polar surface area (TPSA) is 42.3 Å². The first kappa shape index (κ1) is 18.2. The van der Waals surface area contributed by atoms with Crippen LogP contribution in [-0.4, -0.2) is 37.6 Å². The molecule has 2 aromatic rings. The van der Waals surface area contributed by atoms with E-state index in [1.165, 1.54) is 24.3 Å². The van der Waals surface area contributed by atoms with Gasteiger partial charge in [-0.1, -0.05) is 13.0 Å². The van der Waals surface area contributed by atoms with Crippen LogP contribution in [-0.2, 0) is 6.54 Å². The summed E-state index contributed by atoms with van der Waals surface area (Å²) in [5, 5.41) is 12.1. The fraction of sp³-hybridized carbons (Fsp3) is 0.350. The smallest absolute Gasteiger partial charge is 0.146 e. The molecule has 2 aromatic carbocycles. The van der Waals surface area contributed by atoms with E-state index >= 15 is 0 Å². The summed E-state index contributed by atoms with van der Waals surface area (Å²) in [5.74, 6) is -0.695. The van der Waals surface area contributed by atoms with Gasteiger partial charge in [-0.2, -0.15) is 5.26 Å². The van der Waals surface area contributed by atoms with Gasteiger partial charge >= 0.3 is 0 Å². The second-order valence-electron chi connectivity index (χ2n) is 6.36. The number of anilines is 2. The van der Waals surface area contributed by atoms with Crippen molar-refractivity contribution in [1.29, 1.82) is 5.26 Å². The van der Waals surface area contributed by atoms with Crippen LogP contribution in [0.1, 0.15) is 18.1 Å². The first-order chi connectivity index (χ1) is 12.6. The van der Waals surface area contributed by atoms with Gasteiger partial charge in [0.2, 0.25) is 0 Å². The zero-order chi connectivity index (χ0) is 18.5. The van der Waals surface area contributed by atoms with Crippen LogP contribution >= 0.6 is 0 Å². The van der Waals surface area contributed by atoms with Crippen LogP contribution in [0.15, 0.2) is 36.4 Å². The minimum Gasteiger partial charge on any atom is -0.380 e. The number of piperazine rings is 1. The maximum absolute atomic E-state index is 14.6. The predicted octanol–water partition coefficient (Wildman–Crippen LogP) is 3.59. The number of nitrogens with zero attached hydrogens (tertiary/aromatic N) is 3. The van der Waals surface area contributed by atoms with Gasteiger partial charge in [0.25, 0.3) is 0 Å². The van der Waals surface area contributed by atoms with Crippen molar-refractivity contribution >= 4 is 11.4 Å². The van der Waals surface area contributed by atoms with E-state index in [0.29, 0.717) is 17.9 Å². The summed E-state index contributed by atoms with van der Waals surface area (Å²) >= 11 is 0. The predicted molar refractivity (Wildman–Crippen MR) is 99.2 cm³/mol. The van der Waals surface area contributed by atoms with E-state index in [1.807, 2.05) is 18.2 Å². The molecule has 0 unspecified atom stereocenters. The number of halogens is 2. The number of rotatable bonds is 5. The summed E-state index contributed by atoms with van der Waals surface area (Å²) in [6.07, 6.45) is 0. The molecule has 1 saturated heterocycles. The molecule has 4 nitrogen and oxygen atoms in total. The Morgan fingerprint density at radius 3 is 2.50 bits per heavy atom. The van der Waals surface area contributed by atoms with Crippen LogP contribution in [0.5, 0.6) is 0 Å². The van der Waals surface area contributed by atoms with Crippen LogP contribution in [0.2, 0.25) is 0 Å². The maximum Gasteiger partial charge on any atom is 0.146 e. The summed E-state index contributed by atoms with van der Waals surface area (Å²) in [6, 6.07) is 11.2. The van der Waals surface area contributed by atoms with E-state index in [-0.39, 0.29) is 11.4 Å². The minimum absolute atomic E-state index is 0.232. The molecular weight excluding hydrogens is 334 g/mol. The van der Waals surface area contributed by atoms with Crippen molar-refractivity contribution in [2.24, 2.45) is 0 Å². The molecule has 0 atom stereocenters. The van der Waals surface area contributed by atoms with Gasteiger partial charge < -0.3 is 15.1 Å². The Bertz CT molecular complexity index is 808. The normalized spacial score (nSPS) is 14.9. The Morgan fingerprint density at radius 2 is 1.85 bits per heavy atom. The third kappa shape index (κ3) is 4.12. The zero-order valence-electron chi connectivity index (χ0n) is 14.8. The Kier molecular flexibility index (Phi) is 5.69. The number of hydrogen-bond donors (Lipinski definition) is 1. The standard InChI is InChI=1S/C20H22F2N4/c1-2-25-7-9-26(10-8-25)20-6-3-15(11-18(20)22)14-24-19-5-4-17(21)12-16(19)13-23/h3-6,11-12,24H,2,7-10,14H2,1H3. The summed E-state index contributed by atoms with van der Waals surface area (Å²) in [7, 11) is 0. The van der Waals surface area contributed by atoms with Crippen LogP contribution in [0, 0.1) is 23.0 Å². The highest BCUT2D eigenvalue weighted by molar-refractivity contribution is 5.58. The molecule has 0 spiro atoms. The lowest BCUT2D eigenvalue weighted by Crippen LogP contribution is -2.46. The summed E-state index contributed by atoms with van der Waals surface area (Å²) in [6.45, 7) is 7.06. The van der Waals surface area contributed by atoms with Crippen molar-refractivity contribution in [2.75, 3.05) is 42.9 Å². The van der Waals surface area contributed by atoms with Crippen LogP contribution < -0.4 is 10.2 Å². The van der Waals surface area contributed by atoms with Crippen molar-refractivity contribution in [3.8, 4) is 6.07 Å². The van der Waals surface area contributed by atoms with Gasteiger partial charge in [0, 0.05) is 32.7 Å². The average Bonchev–Trinajstić information content (AvgIpc) is 2.67. The molecule has 136 valence electrons. The molecule has 1 aliphatic heterocycles. The van der Waals surface area contributed by atoms with E-state index < -0.39 is 5.82 Å². The molecule has 0 aliphatic carbocycles. The van der Waals surface area contributed by atoms with E-state index in [0.717, 1.165) is 38.3 Å². The van der Waals surface area contributed by atoms with Gasteiger partial charge in [-0.15, -0.1) is 0 Å². The number of nitriles is 1. The molecule has 1 heterocycles. The van der Waals surface area contributed by atoms with Crippen LogP contribution in [0.4, 0.5) is 20.2 Å². The van der Waals surface area contributed by atoms with Gasteiger partial charge in [0.15, 0.2) is 0 Å². The summed E-state index contributed by atoms with van der Waals surface area (Å²) in [4.78, 5) is 4.43. The van der Waals surface area contributed by atoms with Crippen molar-refractivity contribution < 1.29 is 8.78 Å². The highest BCUT2D eigenvalue weighted by Gasteiger charge is 2.18. The number of likely N-dealkylation sites (N-methyl/N-ethyl adjacent to an activating group) is 1. The Morgan fingerprint density at radius 1 is 1.08 bits per heavy atom. The van der Waals surface area contributed by atoms with Gasteiger partial charge in [0.1, 0.15) is 17.7 Å². The molecule has 6 heteroatoms. The van der Waals surface area contributed by atoms with Crippen LogP contribution in [0.25, 0.3) is 0 Å².